The van der Waals surface area contributed by atoms with Crippen LogP contribution in [0.5, 0.6) is 0 Å². The van der Waals surface area contributed by atoms with E-state index in [1.165, 1.54) is 22.2 Å². The number of aryl methyl sites for hydroxylation is 5. The molecule has 0 amide bonds. The van der Waals surface area contributed by atoms with Crippen molar-refractivity contribution in [2.24, 2.45) is 0 Å². The van der Waals surface area contributed by atoms with Crippen LogP contribution in [0.25, 0.3) is 20.4 Å². The normalized spacial score (nSPS) is 13.7. The second-order valence-corrected chi connectivity index (χ2v) is 10.1. The van der Waals surface area contributed by atoms with Gasteiger partial charge < -0.3 is 4.98 Å². The highest BCUT2D eigenvalue weighted by Crippen LogP contribution is 2.41. The predicted molar refractivity (Wildman–Crippen MR) is 113 cm³/mol. The van der Waals surface area contributed by atoms with E-state index in [-0.39, 0.29) is 5.56 Å². The molecule has 0 spiro atoms. The standard InChI is InChI=1S/C19H18N4OS3/c1-8-9(2)26-18-14(8)16(24)22-13(23-18)7-25-17-15-11-5-4-6-12(11)27-19(15)21-10(3)20-17/h4-7H2,1-3H3,(H,22,23,24). The number of nitrogens with one attached hydrogen (secondary N) is 1. The zero-order valence-electron chi connectivity index (χ0n) is 15.3. The van der Waals surface area contributed by atoms with Gasteiger partial charge in [0.15, 0.2) is 0 Å². The molecule has 1 aliphatic carbocycles. The fraction of sp³-hybridized carbons (Fsp3) is 0.368. The van der Waals surface area contributed by atoms with Gasteiger partial charge >= 0.3 is 0 Å². The van der Waals surface area contributed by atoms with E-state index in [1.807, 2.05) is 32.1 Å². The fourth-order valence-electron chi connectivity index (χ4n) is 3.67. The van der Waals surface area contributed by atoms with Crippen molar-refractivity contribution in [3.05, 3.63) is 42.9 Å². The minimum atomic E-state index is -0.0436. The van der Waals surface area contributed by atoms with Gasteiger partial charge in [-0.15, -0.1) is 22.7 Å². The van der Waals surface area contributed by atoms with Crippen LogP contribution in [0.3, 0.4) is 0 Å². The second-order valence-electron chi connectivity index (χ2n) is 6.88. The van der Waals surface area contributed by atoms with E-state index < -0.39 is 0 Å². The van der Waals surface area contributed by atoms with Crippen molar-refractivity contribution >= 4 is 54.9 Å². The van der Waals surface area contributed by atoms with Gasteiger partial charge in [0.2, 0.25) is 0 Å². The van der Waals surface area contributed by atoms with E-state index in [9.17, 15) is 4.79 Å². The number of hydrogen-bond donors (Lipinski definition) is 1. The highest BCUT2D eigenvalue weighted by Gasteiger charge is 2.22. The molecule has 138 valence electrons. The first kappa shape index (κ1) is 17.3. The van der Waals surface area contributed by atoms with Crippen LogP contribution < -0.4 is 5.56 Å². The lowest BCUT2D eigenvalue weighted by atomic mass is 10.2. The van der Waals surface area contributed by atoms with Crippen LogP contribution in [-0.2, 0) is 18.6 Å². The van der Waals surface area contributed by atoms with E-state index in [2.05, 4.69) is 9.97 Å². The molecule has 0 radical (unpaired) electrons. The summed E-state index contributed by atoms with van der Waals surface area (Å²) in [5.74, 6) is 2.10. The molecule has 0 saturated heterocycles. The summed E-state index contributed by atoms with van der Waals surface area (Å²) < 4.78 is 0. The van der Waals surface area contributed by atoms with Crippen LogP contribution in [0.2, 0.25) is 0 Å². The Morgan fingerprint density at radius 3 is 2.70 bits per heavy atom. The third-order valence-electron chi connectivity index (χ3n) is 5.08. The number of fused-ring (bicyclic) bond motifs is 4. The highest BCUT2D eigenvalue weighted by molar-refractivity contribution is 7.98. The molecular formula is C19H18N4OS3. The zero-order valence-corrected chi connectivity index (χ0v) is 17.8. The molecular weight excluding hydrogens is 396 g/mol. The summed E-state index contributed by atoms with van der Waals surface area (Å²) in [6, 6.07) is 0. The molecule has 4 aromatic heterocycles. The van der Waals surface area contributed by atoms with Crippen molar-refractivity contribution < 1.29 is 0 Å². The van der Waals surface area contributed by atoms with E-state index >= 15 is 0 Å². The van der Waals surface area contributed by atoms with Crippen molar-refractivity contribution in [3.63, 3.8) is 0 Å². The minimum absolute atomic E-state index is 0.0436. The minimum Gasteiger partial charge on any atom is -0.309 e. The van der Waals surface area contributed by atoms with Crippen LogP contribution in [0, 0.1) is 20.8 Å². The van der Waals surface area contributed by atoms with Crippen molar-refractivity contribution in [2.45, 2.75) is 50.8 Å². The van der Waals surface area contributed by atoms with Gasteiger partial charge in [0.25, 0.3) is 5.56 Å². The first-order chi connectivity index (χ1) is 13.0. The predicted octanol–water partition coefficient (Wildman–Crippen LogP) is 4.70. The summed E-state index contributed by atoms with van der Waals surface area (Å²) in [7, 11) is 0. The van der Waals surface area contributed by atoms with Crippen molar-refractivity contribution in [3.8, 4) is 0 Å². The van der Waals surface area contributed by atoms with E-state index in [4.69, 9.17) is 9.97 Å². The number of hydrogen-bond acceptors (Lipinski definition) is 7. The maximum atomic E-state index is 12.5. The molecule has 0 aliphatic heterocycles. The number of H-pyrrole nitrogens is 1. The second kappa shape index (κ2) is 6.39. The van der Waals surface area contributed by atoms with Crippen LogP contribution in [0.15, 0.2) is 9.82 Å². The molecule has 27 heavy (non-hydrogen) atoms. The Labute approximate surface area is 168 Å². The molecule has 0 bridgehead atoms. The first-order valence-electron chi connectivity index (χ1n) is 8.92. The van der Waals surface area contributed by atoms with Gasteiger partial charge in [-0.25, -0.2) is 15.0 Å². The highest BCUT2D eigenvalue weighted by atomic mass is 32.2. The lowest BCUT2D eigenvalue weighted by Crippen LogP contribution is -2.10. The third-order valence-corrected chi connectivity index (χ3v) is 8.35. The number of rotatable bonds is 3. The molecule has 0 atom stereocenters. The SMILES string of the molecule is Cc1nc(SCc2nc3sc(C)c(C)c3c(=O)[nH]2)c2c3c(sc2n1)CCC3. The number of thioether (sulfide) groups is 1. The Balaban J connectivity index is 1.53. The number of nitrogens with zero attached hydrogens (tertiary/aromatic N) is 3. The number of aromatic nitrogens is 4. The van der Waals surface area contributed by atoms with Crippen LogP contribution in [0.4, 0.5) is 0 Å². The largest absolute Gasteiger partial charge is 0.309 e. The van der Waals surface area contributed by atoms with Crippen LogP contribution >= 0.6 is 34.4 Å². The van der Waals surface area contributed by atoms with Gasteiger partial charge in [-0.05, 0) is 51.2 Å². The third kappa shape index (κ3) is 2.81. The van der Waals surface area contributed by atoms with Crippen molar-refractivity contribution in [2.75, 3.05) is 0 Å². The topological polar surface area (TPSA) is 71.5 Å². The summed E-state index contributed by atoms with van der Waals surface area (Å²) in [4.78, 5) is 34.0. The lowest BCUT2D eigenvalue weighted by Gasteiger charge is -2.05. The van der Waals surface area contributed by atoms with Crippen molar-refractivity contribution in [1.29, 1.82) is 0 Å². The summed E-state index contributed by atoms with van der Waals surface area (Å²) in [6.07, 6.45) is 3.49. The number of aromatic amines is 1. The van der Waals surface area contributed by atoms with Crippen LogP contribution in [-0.4, -0.2) is 19.9 Å². The fourth-order valence-corrected chi connectivity index (χ4v) is 7.06. The van der Waals surface area contributed by atoms with Gasteiger partial charge in [0.05, 0.1) is 11.1 Å². The Bertz CT molecular complexity index is 1270. The van der Waals surface area contributed by atoms with E-state index in [1.54, 1.807) is 23.1 Å². The first-order valence-corrected chi connectivity index (χ1v) is 11.5. The van der Waals surface area contributed by atoms with Gasteiger partial charge in [0, 0.05) is 15.1 Å². The molecule has 0 fully saturated rings. The Kier molecular flexibility index (Phi) is 4.10. The molecule has 1 aliphatic rings. The quantitative estimate of drug-likeness (QED) is 0.389. The monoisotopic (exact) mass is 414 g/mol. The molecule has 0 saturated carbocycles. The molecule has 4 aromatic rings. The summed E-state index contributed by atoms with van der Waals surface area (Å²) in [5.41, 5.74) is 2.42. The van der Waals surface area contributed by atoms with Crippen LogP contribution in [0.1, 0.15) is 39.0 Å². The molecule has 0 aromatic carbocycles. The molecule has 4 heterocycles. The van der Waals surface area contributed by atoms with Gasteiger partial charge in [-0.2, -0.15) is 0 Å². The average molecular weight is 415 g/mol. The maximum absolute atomic E-state index is 12.5. The van der Waals surface area contributed by atoms with Gasteiger partial charge in [-0.1, -0.05) is 11.8 Å². The van der Waals surface area contributed by atoms with E-state index in [0.29, 0.717) is 11.6 Å². The average Bonchev–Trinajstić information content (AvgIpc) is 3.26. The molecule has 0 unspecified atom stereocenters. The lowest BCUT2D eigenvalue weighted by molar-refractivity contribution is 0.914. The molecule has 8 heteroatoms. The van der Waals surface area contributed by atoms with Gasteiger partial charge in [-0.3, -0.25) is 4.79 Å². The molecule has 5 nitrogen and oxygen atoms in total. The summed E-state index contributed by atoms with van der Waals surface area (Å²) >= 11 is 5.04. The maximum Gasteiger partial charge on any atom is 0.259 e. The Hall–Kier alpha value is -1.77. The Morgan fingerprint density at radius 1 is 1.04 bits per heavy atom. The summed E-state index contributed by atoms with van der Waals surface area (Å²) in [5, 5.41) is 2.95. The van der Waals surface area contributed by atoms with Gasteiger partial charge in [0.1, 0.15) is 26.3 Å². The molecule has 5 rings (SSSR count). The van der Waals surface area contributed by atoms with E-state index in [0.717, 1.165) is 49.2 Å². The zero-order chi connectivity index (χ0) is 18.7. The Morgan fingerprint density at radius 2 is 1.85 bits per heavy atom. The summed E-state index contributed by atoms with van der Waals surface area (Å²) in [6.45, 7) is 5.96. The number of thiophene rings is 2. The smallest absolute Gasteiger partial charge is 0.259 e. The molecule has 1 N–H and O–H groups in total. The van der Waals surface area contributed by atoms with Crippen molar-refractivity contribution in [1.82, 2.24) is 19.9 Å².